The van der Waals surface area contributed by atoms with Crippen molar-refractivity contribution in [2.24, 2.45) is 11.1 Å². The maximum absolute atomic E-state index is 12.3. The fourth-order valence-electron chi connectivity index (χ4n) is 2.43. The molecule has 1 aliphatic heterocycles. The molecule has 0 bridgehead atoms. The molecule has 1 atom stereocenters. The molecule has 3 heteroatoms. The molecule has 2 rings (SSSR count). The summed E-state index contributed by atoms with van der Waals surface area (Å²) < 4.78 is 0. The second-order valence-electron chi connectivity index (χ2n) is 6.86. The van der Waals surface area contributed by atoms with Crippen LogP contribution in [-0.4, -0.2) is 29.9 Å². The highest BCUT2D eigenvalue weighted by Crippen LogP contribution is 2.24. The van der Waals surface area contributed by atoms with Crippen LogP contribution in [0.15, 0.2) is 36.4 Å². The number of rotatable bonds is 3. The lowest BCUT2D eigenvalue weighted by molar-refractivity contribution is -0.131. The molecule has 1 unspecified atom stereocenters. The van der Waals surface area contributed by atoms with Gasteiger partial charge in [0.25, 0.3) is 0 Å². The Kier molecular flexibility index (Phi) is 4.84. The second kappa shape index (κ2) is 6.44. The third-order valence-electron chi connectivity index (χ3n) is 4.21. The topological polar surface area (TPSA) is 46.3 Å². The largest absolute Gasteiger partial charge is 0.339 e. The third-order valence-corrected chi connectivity index (χ3v) is 4.21. The Morgan fingerprint density at radius 1 is 1.29 bits per heavy atom. The van der Waals surface area contributed by atoms with Crippen LogP contribution in [0.25, 0.3) is 5.57 Å². The van der Waals surface area contributed by atoms with E-state index in [9.17, 15) is 4.79 Å². The lowest BCUT2D eigenvalue weighted by Gasteiger charge is -2.31. The summed E-state index contributed by atoms with van der Waals surface area (Å²) in [6.07, 6.45) is 3.51. The first kappa shape index (κ1) is 15.8. The highest BCUT2D eigenvalue weighted by molar-refractivity contribution is 5.79. The Morgan fingerprint density at radius 3 is 2.48 bits per heavy atom. The molecule has 2 N–H and O–H groups in total. The zero-order valence-corrected chi connectivity index (χ0v) is 13.3. The normalized spacial score (nSPS) is 17.3. The Bertz CT molecular complexity index is 514. The molecule has 1 aliphatic rings. The van der Waals surface area contributed by atoms with E-state index in [0.29, 0.717) is 13.0 Å². The van der Waals surface area contributed by atoms with Crippen LogP contribution in [0.4, 0.5) is 0 Å². The molecule has 0 spiro atoms. The van der Waals surface area contributed by atoms with Crippen LogP contribution >= 0.6 is 0 Å². The zero-order valence-electron chi connectivity index (χ0n) is 13.3. The second-order valence-corrected chi connectivity index (χ2v) is 6.86. The Morgan fingerprint density at radius 2 is 1.95 bits per heavy atom. The highest BCUT2D eigenvalue weighted by Gasteiger charge is 2.26. The molecule has 0 saturated heterocycles. The minimum Gasteiger partial charge on any atom is -0.339 e. The average molecular weight is 286 g/mol. The maximum Gasteiger partial charge on any atom is 0.224 e. The van der Waals surface area contributed by atoms with Gasteiger partial charge in [0.2, 0.25) is 5.91 Å². The van der Waals surface area contributed by atoms with E-state index in [-0.39, 0.29) is 17.4 Å². The summed E-state index contributed by atoms with van der Waals surface area (Å²) in [5.41, 5.74) is 8.68. The van der Waals surface area contributed by atoms with E-state index < -0.39 is 0 Å². The van der Waals surface area contributed by atoms with Crippen molar-refractivity contribution in [3.63, 3.8) is 0 Å². The molecule has 21 heavy (non-hydrogen) atoms. The number of nitrogens with two attached hydrogens (primary N) is 1. The number of benzene rings is 1. The molecule has 1 heterocycles. The van der Waals surface area contributed by atoms with Crippen LogP contribution in [0, 0.1) is 5.41 Å². The standard InChI is InChI=1S/C18H26N2O/c1-18(2,3)16(19)13-17(21)20-11-9-15(10-12-20)14-7-5-4-6-8-14/h4-9,16H,10-13,19H2,1-3H3. The summed E-state index contributed by atoms with van der Waals surface area (Å²) in [6.45, 7) is 7.72. The Balaban J connectivity index is 1.94. The van der Waals surface area contributed by atoms with E-state index >= 15 is 0 Å². The molecular formula is C18H26N2O. The summed E-state index contributed by atoms with van der Waals surface area (Å²) in [4.78, 5) is 14.2. The van der Waals surface area contributed by atoms with Gasteiger partial charge in [-0.15, -0.1) is 0 Å². The smallest absolute Gasteiger partial charge is 0.224 e. The molecule has 1 amide bonds. The van der Waals surface area contributed by atoms with Gasteiger partial charge in [0.15, 0.2) is 0 Å². The summed E-state index contributed by atoms with van der Waals surface area (Å²) in [5, 5.41) is 0. The molecule has 114 valence electrons. The average Bonchev–Trinajstić information content (AvgIpc) is 2.47. The van der Waals surface area contributed by atoms with Gasteiger partial charge >= 0.3 is 0 Å². The highest BCUT2D eigenvalue weighted by atomic mass is 16.2. The van der Waals surface area contributed by atoms with Crippen LogP contribution < -0.4 is 5.73 Å². The van der Waals surface area contributed by atoms with Crippen LogP contribution in [-0.2, 0) is 4.79 Å². The summed E-state index contributed by atoms with van der Waals surface area (Å²) >= 11 is 0. The van der Waals surface area contributed by atoms with Crippen LogP contribution in [0.3, 0.4) is 0 Å². The number of hydrogen-bond donors (Lipinski definition) is 1. The third kappa shape index (κ3) is 4.18. The summed E-state index contributed by atoms with van der Waals surface area (Å²) in [6, 6.07) is 10.3. The maximum atomic E-state index is 12.3. The predicted octanol–water partition coefficient (Wildman–Crippen LogP) is 3.07. The minimum absolute atomic E-state index is 0.0313. The molecule has 0 radical (unpaired) electrons. The van der Waals surface area contributed by atoms with Crippen molar-refractivity contribution < 1.29 is 4.79 Å². The van der Waals surface area contributed by atoms with Crippen molar-refractivity contribution in [2.75, 3.05) is 13.1 Å². The molecular weight excluding hydrogens is 260 g/mol. The lowest BCUT2D eigenvalue weighted by Crippen LogP contribution is -2.43. The van der Waals surface area contributed by atoms with Crippen molar-refractivity contribution in [3.05, 3.63) is 42.0 Å². The van der Waals surface area contributed by atoms with E-state index in [2.05, 4.69) is 51.1 Å². The summed E-state index contributed by atoms with van der Waals surface area (Å²) in [5.74, 6) is 0.167. The van der Waals surface area contributed by atoms with E-state index in [1.54, 1.807) is 0 Å². The van der Waals surface area contributed by atoms with Gasteiger partial charge in [0, 0.05) is 25.6 Å². The Hall–Kier alpha value is -1.61. The quantitative estimate of drug-likeness (QED) is 0.928. The number of nitrogens with zero attached hydrogens (tertiary/aromatic N) is 1. The van der Waals surface area contributed by atoms with Crippen molar-refractivity contribution in [1.82, 2.24) is 4.90 Å². The first-order chi connectivity index (χ1) is 9.88. The van der Waals surface area contributed by atoms with E-state index in [4.69, 9.17) is 5.73 Å². The van der Waals surface area contributed by atoms with Crippen molar-refractivity contribution in [2.45, 2.75) is 39.7 Å². The zero-order chi connectivity index (χ0) is 15.5. The number of carbonyl (C=O) groups is 1. The molecule has 3 nitrogen and oxygen atoms in total. The first-order valence-corrected chi connectivity index (χ1v) is 7.66. The van der Waals surface area contributed by atoms with Gasteiger partial charge in [-0.2, -0.15) is 0 Å². The van der Waals surface area contributed by atoms with Gasteiger partial charge in [-0.3, -0.25) is 4.79 Å². The van der Waals surface area contributed by atoms with Crippen molar-refractivity contribution in [1.29, 1.82) is 0 Å². The fraction of sp³-hybridized carbons (Fsp3) is 0.500. The monoisotopic (exact) mass is 286 g/mol. The molecule has 1 aromatic carbocycles. The van der Waals surface area contributed by atoms with E-state index in [1.165, 1.54) is 11.1 Å². The van der Waals surface area contributed by atoms with Crippen molar-refractivity contribution >= 4 is 11.5 Å². The first-order valence-electron chi connectivity index (χ1n) is 7.66. The fourth-order valence-corrected chi connectivity index (χ4v) is 2.43. The van der Waals surface area contributed by atoms with Gasteiger partial charge in [-0.05, 0) is 23.0 Å². The molecule has 0 fully saturated rings. The van der Waals surface area contributed by atoms with Crippen molar-refractivity contribution in [3.8, 4) is 0 Å². The van der Waals surface area contributed by atoms with Gasteiger partial charge < -0.3 is 10.6 Å². The SMILES string of the molecule is CC(C)(C)C(N)CC(=O)N1CC=C(c2ccccc2)CC1. The van der Waals surface area contributed by atoms with E-state index in [1.807, 2.05) is 11.0 Å². The molecule has 0 saturated carbocycles. The van der Waals surface area contributed by atoms with Gasteiger partial charge in [0.1, 0.15) is 0 Å². The van der Waals surface area contributed by atoms with Crippen LogP contribution in [0.1, 0.15) is 39.2 Å². The van der Waals surface area contributed by atoms with Gasteiger partial charge in [0.05, 0.1) is 0 Å². The van der Waals surface area contributed by atoms with E-state index in [0.717, 1.165) is 13.0 Å². The predicted molar refractivity (Wildman–Crippen MR) is 87.7 cm³/mol. The Labute approximate surface area is 127 Å². The minimum atomic E-state index is -0.0931. The number of amides is 1. The summed E-state index contributed by atoms with van der Waals surface area (Å²) in [7, 11) is 0. The number of carbonyl (C=O) groups excluding carboxylic acids is 1. The molecule has 0 aromatic heterocycles. The van der Waals surface area contributed by atoms with Gasteiger partial charge in [-0.25, -0.2) is 0 Å². The number of hydrogen-bond acceptors (Lipinski definition) is 2. The van der Waals surface area contributed by atoms with Crippen LogP contribution in [0.5, 0.6) is 0 Å². The van der Waals surface area contributed by atoms with Crippen LogP contribution in [0.2, 0.25) is 0 Å². The molecule has 1 aromatic rings. The lowest BCUT2D eigenvalue weighted by atomic mass is 9.85. The molecule has 0 aliphatic carbocycles. The van der Waals surface area contributed by atoms with Gasteiger partial charge in [-0.1, -0.05) is 57.2 Å².